The van der Waals surface area contributed by atoms with Crippen LogP contribution in [0.1, 0.15) is 0 Å². The summed E-state index contributed by atoms with van der Waals surface area (Å²) >= 11 is 9.42. The lowest BCUT2D eigenvalue weighted by atomic mass is 10.1. The molecule has 1 aromatic carbocycles. The molecular formula is C12H6BrClFN3. The quantitative estimate of drug-likeness (QED) is 0.634. The zero-order chi connectivity index (χ0) is 12.7. The fourth-order valence-corrected chi connectivity index (χ4v) is 2.28. The van der Waals surface area contributed by atoms with E-state index in [-0.39, 0.29) is 5.82 Å². The molecule has 3 rings (SSSR count). The highest BCUT2D eigenvalue weighted by Gasteiger charge is 2.12. The summed E-state index contributed by atoms with van der Waals surface area (Å²) in [5, 5.41) is 4.44. The zero-order valence-electron chi connectivity index (χ0n) is 8.94. The van der Waals surface area contributed by atoms with E-state index in [0.717, 1.165) is 0 Å². The molecule has 0 aliphatic rings. The first kappa shape index (κ1) is 11.6. The Kier molecular flexibility index (Phi) is 2.80. The maximum Gasteiger partial charge on any atom is 0.171 e. The molecule has 3 aromatic rings. The van der Waals surface area contributed by atoms with Gasteiger partial charge in [-0.05, 0) is 28.1 Å². The van der Waals surface area contributed by atoms with Crippen LogP contribution in [0.15, 0.2) is 41.0 Å². The van der Waals surface area contributed by atoms with Crippen molar-refractivity contribution in [2.75, 3.05) is 0 Å². The van der Waals surface area contributed by atoms with E-state index in [9.17, 15) is 4.39 Å². The number of halogens is 3. The molecule has 18 heavy (non-hydrogen) atoms. The van der Waals surface area contributed by atoms with Crippen LogP contribution in [-0.4, -0.2) is 14.6 Å². The van der Waals surface area contributed by atoms with Crippen molar-refractivity contribution in [3.63, 3.8) is 0 Å². The highest BCUT2D eigenvalue weighted by atomic mass is 79.9. The van der Waals surface area contributed by atoms with E-state index < -0.39 is 0 Å². The van der Waals surface area contributed by atoms with E-state index in [2.05, 4.69) is 26.0 Å². The minimum Gasteiger partial charge on any atom is -0.227 e. The first-order valence-electron chi connectivity index (χ1n) is 5.11. The first-order chi connectivity index (χ1) is 8.66. The third-order valence-electron chi connectivity index (χ3n) is 2.54. The smallest absolute Gasteiger partial charge is 0.171 e. The average molecular weight is 327 g/mol. The van der Waals surface area contributed by atoms with E-state index in [0.29, 0.717) is 26.5 Å². The second-order valence-electron chi connectivity index (χ2n) is 3.67. The van der Waals surface area contributed by atoms with Crippen LogP contribution in [0.5, 0.6) is 0 Å². The number of aromatic nitrogens is 3. The molecule has 0 saturated carbocycles. The lowest BCUT2D eigenvalue weighted by Gasteiger charge is -2.04. The predicted octanol–water partition coefficient (Wildman–Crippen LogP) is 3.95. The van der Waals surface area contributed by atoms with Crippen molar-refractivity contribution in [2.24, 2.45) is 0 Å². The minimum atomic E-state index is -0.332. The molecule has 0 radical (unpaired) electrons. The molecule has 0 N–H and O–H groups in total. The van der Waals surface area contributed by atoms with E-state index in [4.69, 9.17) is 11.6 Å². The van der Waals surface area contributed by atoms with E-state index in [1.807, 2.05) is 0 Å². The molecule has 2 heterocycles. The van der Waals surface area contributed by atoms with Crippen molar-refractivity contribution in [1.82, 2.24) is 14.6 Å². The van der Waals surface area contributed by atoms with Gasteiger partial charge in [0.05, 0.1) is 16.4 Å². The molecule has 0 unspecified atom stereocenters. The molecule has 90 valence electrons. The van der Waals surface area contributed by atoms with Crippen molar-refractivity contribution in [3.05, 3.63) is 52.0 Å². The van der Waals surface area contributed by atoms with Crippen LogP contribution in [0.3, 0.4) is 0 Å². The maximum atomic E-state index is 13.7. The van der Waals surface area contributed by atoms with E-state index in [1.54, 1.807) is 30.5 Å². The Bertz CT molecular complexity index is 741. The predicted molar refractivity (Wildman–Crippen MR) is 71.1 cm³/mol. The number of rotatable bonds is 1. The summed E-state index contributed by atoms with van der Waals surface area (Å²) in [4.78, 5) is 4.36. The minimum absolute atomic E-state index is 0.332. The topological polar surface area (TPSA) is 30.2 Å². The third-order valence-corrected chi connectivity index (χ3v) is 3.36. The Morgan fingerprint density at radius 3 is 2.83 bits per heavy atom. The van der Waals surface area contributed by atoms with Crippen molar-refractivity contribution in [1.29, 1.82) is 0 Å². The van der Waals surface area contributed by atoms with Crippen LogP contribution in [0.4, 0.5) is 4.39 Å². The molecule has 0 atom stereocenters. The highest BCUT2D eigenvalue weighted by molar-refractivity contribution is 9.10. The maximum absolute atomic E-state index is 13.7. The molecule has 0 aliphatic heterocycles. The number of fused-ring (bicyclic) bond motifs is 1. The zero-order valence-corrected chi connectivity index (χ0v) is 11.3. The number of hydrogen-bond acceptors (Lipinski definition) is 2. The molecule has 0 amide bonds. The van der Waals surface area contributed by atoms with Crippen LogP contribution >= 0.6 is 27.5 Å². The van der Waals surface area contributed by atoms with Gasteiger partial charge in [-0.2, -0.15) is 5.10 Å². The Morgan fingerprint density at radius 1 is 1.28 bits per heavy atom. The monoisotopic (exact) mass is 325 g/mol. The van der Waals surface area contributed by atoms with Crippen molar-refractivity contribution in [2.45, 2.75) is 0 Å². The summed E-state index contributed by atoms with van der Waals surface area (Å²) in [6.45, 7) is 0. The normalized spacial score (nSPS) is 11.1. The SMILES string of the molecule is Fc1ccccc1-c1cc(Cl)n2ncc(Br)c2n1. The van der Waals surface area contributed by atoms with Gasteiger partial charge in [-0.1, -0.05) is 23.7 Å². The van der Waals surface area contributed by atoms with Gasteiger partial charge in [-0.3, -0.25) is 0 Å². The molecule has 3 nitrogen and oxygen atoms in total. The lowest BCUT2D eigenvalue weighted by molar-refractivity contribution is 0.630. The first-order valence-corrected chi connectivity index (χ1v) is 6.28. The summed E-state index contributed by atoms with van der Waals surface area (Å²) in [6, 6.07) is 8.03. The fraction of sp³-hybridized carbons (Fsp3) is 0. The van der Waals surface area contributed by atoms with Crippen molar-refractivity contribution < 1.29 is 4.39 Å². The molecular weight excluding hydrogens is 321 g/mol. The summed E-state index contributed by atoms with van der Waals surface area (Å²) < 4.78 is 15.9. The summed E-state index contributed by atoms with van der Waals surface area (Å²) in [7, 11) is 0. The second-order valence-corrected chi connectivity index (χ2v) is 4.91. The summed E-state index contributed by atoms with van der Waals surface area (Å²) in [6.07, 6.45) is 1.60. The second kappa shape index (κ2) is 4.33. The third kappa shape index (κ3) is 1.79. The molecule has 0 saturated heterocycles. The highest BCUT2D eigenvalue weighted by Crippen LogP contribution is 2.26. The average Bonchev–Trinajstić information content (AvgIpc) is 2.72. The van der Waals surface area contributed by atoms with Gasteiger partial charge in [-0.25, -0.2) is 13.9 Å². The fourth-order valence-electron chi connectivity index (χ4n) is 1.71. The number of benzene rings is 1. The largest absolute Gasteiger partial charge is 0.227 e. The molecule has 0 fully saturated rings. The van der Waals surface area contributed by atoms with E-state index >= 15 is 0 Å². The van der Waals surface area contributed by atoms with Gasteiger partial charge >= 0.3 is 0 Å². The van der Waals surface area contributed by atoms with Crippen molar-refractivity contribution in [3.8, 4) is 11.3 Å². The molecule has 0 aliphatic carbocycles. The van der Waals surface area contributed by atoms with Gasteiger partial charge < -0.3 is 0 Å². The van der Waals surface area contributed by atoms with Gasteiger partial charge in [0.2, 0.25) is 0 Å². The molecule has 0 bridgehead atoms. The standard InChI is InChI=1S/C12H6BrClFN3/c13-8-6-16-18-11(14)5-10(17-12(8)18)7-3-1-2-4-9(7)15/h1-6H. The Labute approximate surface area is 115 Å². The lowest BCUT2D eigenvalue weighted by Crippen LogP contribution is -1.95. The van der Waals surface area contributed by atoms with Gasteiger partial charge in [0.1, 0.15) is 11.0 Å². The van der Waals surface area contributed by atoms with Gasteiger partial charge in [0.25, 0.3) is 0 Å². The van der Waals surface area contributed by atoms with Crippen molar-refractivity contribution >= 4 is 33.2 Å². The van der Waals surface area contributed by atoms with Crippen LogP contribution in [0, 0.1) is 5.82 Å². The van der Waals surface area contributed by atoms with Gasteiger partial charge in [0, 0.05) is 11.6 Å². The Morgan fingerprint density at radius 2 is 2.06 bits per heavy atom. The summed E-state index contributed by atoms with van der Waals surface area (Å²) in [5.41, 5.74) is 1.45. The molecule has 0 spiro atoms. The summed E-state index contributed by atoms with van der Waals surface area (Å²) in [5.74, 6) is -0.332. The number of nitrogens with zero attached hydrogens (tertiary/aromatic N) is 3. The molecule has 2 aromatic heterocycles. The number of hydrogen-bond donors (Lipinski definition) is 0. The van der Waals surface area contributed by atoms with Crippen LogP contribution in [0.25, 0.3) is 16.9 Å². The molecule has 6 heteroatoms. The van der Waals surface area contributed by atoms with Gasteiger partial charge in [0.15, 0.2) is 5.65 Å². The van der Waals surface area contributed by atoms with Crippen LogP contribution in [-0.2, 0) is 0 Å². The Hall–Kier alpha value is -1.46. The van der Waals surface area contributed by atoms with Crippen LogP contribution in [0.2, 0.25) is 5.15 Å². The van der Waals surface area contributed by atoms with Crippen LogP contribution < -0.4 is 0 Å². The van der Waals surface area contributed by atoms with E-state index in [1.165, 1.54) is 10.6 Å². The van der Waals surface area contributed by atoms with Gasteiger partial charge in [-0.15, -0.1) is 0 Å². The Balaban J connectivity index is 2.31.